The number of aliphatic hydroxyl groups excluding tert-OH is 1. The van der Waals surface area contributed by atoms with E-state index in [0.717, 1.165) is 29.7 Å². The van der Waals surface area contributed by atoms with Crippen molar-refractivity contribution >= 4 is 17.1 Å². The van der Waals surface area contributed by atoms with E-state index < -0.39 is 0 Å². The fourth-order valence-corrected chi connectivity index (χ4v) is 2.58. The van der Waals surface area contributed by atoms with Crippen molar-refractivity contribution in [2.45, 2.75) is 25.8 Å². The smallest absolute Gasteiger partial charge is 0.222 e. The maximum absolute atomic E-state index is 9.20. The van der Waals surface area contributed by atoms with Gasteiger partial charge in [0.05, 0.1) is 18.1 Å². The molecule has 6 heteroatoms. The fraction of sp³-hybridized carbons (Fsp3) is 0.462. The van der Waals surface area contributed by atoms with Gasteiger partial charge in [0.2, 0.25) is 5.95 Å². The first-order chi connectivity index (χ1) is 9.22. The minimum atomic E-state index is 0.178. The third kappa shape index (κ3) is 1.98. The number of anilines is 1. The summed E-state index contributed by atoms with van der Waals surface area (Å²) < 4.78 is 2.01. The van der Waals surface area contributed by atoms with Crippen molar-refractivity contribution in [3.63, 3.8) is 0 Å². The number of fused-ring (bicyclic) bond motifs is 1. The predicted octanol–water partition coefficient (Wildman–Crippen LogP) is 1.08. The Bertz CT molecular complexity index is 633. The van der Waals surface area contributed by atoms with Crippen LogP contribution in [0.15, 0.2) is 18.5 Å². The second-order valence-electron chi connectivity index (χ2n) is 4.84. The molecule has 6 nitrogen and oxygen atoms in total. The van der Waals surface area contributed by atoms with Crippen molar-refractivity contribution in [2.75, 3.05) is 12.3 Å². The van der Waals surface area contributed by atoms with E-state index in [1.54, 1.807) is 6.33 Å². The molecule has 3 N–H and O–H groups in total. The quantitative estimate of drug-likeness (QED) is 0.805. The monoisotopic (exact) mass is 259 g/mol. The summed E-state index contributed by atoms with van der Waals surface area (Å²) >= 11 is 0. The van der Waals surface area contributed by atoms with Crippen LogP contribution in [0, 0.1) is 5.92 Å². The summed E-state index contributed by atoms with van der Waals surface area (Å²) in [5.41, 5.74) is 8.23. The Balaban J connectivity index is 2.06. The van der Waals surface area contributed by atoms with Crippen LogP contribution in [-0.4, -0.2) is 31.2 Å². The van der Waals surface area contributed by atoms with Crippen LogP contribution in [0.4, 0.5) is 5.95 Å². The molecule has 1 aliphatic rings. The third-order valence-electron chi connectivity index (χ3n) is 3.59. The largest absolute Gasteiger partial charge is 0.396 e. The van der Waals surface area contributed by atoms with Gasteiger partial charge >= 0.3 is 0 Å². The van der Waals surface area contributed by atoms with E-state index in [0.29, 0.717) is 0 Å². The van der Waals surface area contributed by atoms with Crippen molar-refractivity contribution in [1.29, 1.82) is 0 Å². The minimum absolute atomic E-state index is 0.178. The van der Waals surface area contributed by atoms with E-state index in [2.05, 4.69) is 21.0 Å². The summed E-state index contributed by atoms with van der Waals surface area (Å²) in [7, 11) is 0. The number of hydrogen-bond acceptors (Lipinski definition) is 5. The summed E-state index contributed by atoms with van der Waals surface area (Å²) in [6.45, 7) is 2.20. The van der Waals surface area contributed by atoms with Crippen molar-refractivity contribution in [1.82, 2.24) is 19.5 Å². The molecule has 0 bridgehead atoms. The lowest BCUT2D eigenvalue weighted by Crippen LogP contribution is -2.09. The summed E-state index contributed by atoms with van der Waals surface area (Å²) in [4.78, 5) is 12.9. The molecule has 100 valence electrons. The van der Waals surface area contributed by atoms with Gasteiger partial charge in [-0.05, 0) is 12.8 Å². The number of nitrogens with zero attached hydrogens (tertiary/aromatic N) is 4. The first-order valence-electron chi connectivity index (χ1n) is 6.51. The van der Waals surface area contributed by atoms with E-state index in [-0.39, 0.29) is 24.5 Å². The zero-order valence-electron chi connectivity index (χ0n) is 10.8. The number of allylic oxidation sites excluding steroid dienone is 1. The van der Waals surface area contributed by atoms with Gasteiger partial charge in [-0.3, -0.25) is 0 Å². The van der Waals surface area contributed by atoms with Crippen LogP contribution < -0.4 is 5.73 Å². The van der Waals surface area contributed by atoms with E-state index in [1.165, 1.54) is 0 Å². The SMILES string of the molecule is CCc1nc(N)nc2c1ncn2C1C=CC(CO)C1. The Morgan fingerprint density at radius 3 is 2.95 bits per heavy atom. The molecule has 0 spiro atoms. The molecule has 2 aromatic rings. The number of aromatic nitrogens is 4. The van der Waals surface area contributed by atoms with Crippen LogP contribution in [0.1, 0.15) is 25.1 Å². The molecule has 1 aliphatic carbocycles. The number of aryl methyl sites for hydroxylation is 1. The van der Waals surface area contributed by atoms with Crippen LogP contribution in [0.5, 0.6) is 0 Å². The van der Waals surface area contributed by atoms with Crippen molar-refractivity contribution in [3.8, 4) is 0 Å². The highest BCUT2D eigenvalue weighted by Crippen LogP contribution is 2.30. The highest BCUT2D eigenvalue weighted by Gasteiger charge is 2.22. The van der Waals surface area contributed by atoms with Crippen LogP contribution >= 0.6 is 0 Å². The Hall–Kier alpha value is -1.95. The lowest BCUT2D eigenvalue weighted by molar-refractivity contribution is 0.244. The van der Waals surface area contributed by atoms with E-state index in [4.69, 9.17) is 5.73 Å². The third-order valence-corrected chi connectivity index (χ3v) is 3.59. The number of imidazole rings is 1. The van der Waals surface area contributed by atoms with Crippen molar-refractivity contribution in [2.24, 2.45) is 5.92 Å². The van der Waals surface area contributed by atoms with Gasteiger partial charge in [0.15, 0.2) is 5.65 Å². The molecule has 0 aromatic carbocycles. The molecular formula is C13H17N5O. The number of hydrogen-bond donors (Lipinski definition) is 2. The van der Waals surface area contributed by atoms with E-state index >= 15 is 0 Å². The molecular weight excluding hydrogens is 242 g/mol. The van der Waals surface area contributed by atoms with Crippen LogP contribution in [0.2, 0.25) is 0 Å². The number of rotatable bonds is 3. The normalized spacial score (nSPS) is 22.4. The topological polar surface area (TPSA) is 89.9 Å². The zero-order chi connectivity index (χ0) is 13.4. The average molecular weight is 259 g/mol. The Labute approximate surface area is 111 Å². The van der Waals surface area contributed by atoms with Crippen LogP contribution in [0.3, 0.4) is 0 Å². The van der Waals surface area contributed by atoms with E-state index in [9.17, 15) is 5.11 Å². The standard InChI is InChI=1S/C13H17N5O/c1-2-10-11-12(17-13(14)16-10)18(7-15-11)9-4-3-8(5-9)6-19/h3-4,7-9,19H,2,5-6H2,1H3,(H2,14,16,17). The van der Waals surface area contributed by atoms with Gasteiger partial charge in [-0.1, -0.05) is 19.1 Å². The Morgan fingerprint density at radius 2 is 2.26 bits per heavy atom. The molecule has 2 atom stereocenters. The summed E-state index contributed by atoms with van der Waals surface area (Å²) in [6, 6.07) is 0.182. The second kappa shape index (κ2) is 4.62. The first kappa shape index (κ1) is 12.1. The van der Waals surface area contributed by atoms with Gasteiger partial charge in [0, 0.05) is 12.5 Å². The Morgan fingerprint density at radius 1 is 1.42 bits per heavy atom. The number of nitrogens with two attached hydrogens (primary N) is 1. The minimum Gasteiger partial charge on any atom is -0.396 e. The summed E-state index contributed by atoms with van der Waals surface area (Å²) in [5, 5.41) is 9.20. The highest BCUT2D eigenvalue weighted by molar-refractivity contribution is 5.75. The fourth-order valence-electron chi connectivity index (χ4n) is 2.58. The number of nitrogen functional groups attached to an aromatic ring is 1. The Kier molecular flexibility index (Phi) is 2.94. The zero-order valence-corrected chi connectivity index (χ0v) is 10.8. The molecule has 2 aromatic heterocycles. The molecule has 0 aliphatic heterocycles. The first-order valence-corrected chi connectivity index (χ1v) is 6.51. The molecule has 0 saturated heterocycles. The molecule has 0 amide bonds. The van der Waals surface area contributed by atoms with Crippen molar-refractivity contribution < 1.29 is 5.11 Å². The van der Waals surface area contributed by atoms with E-state index in [1.807, 2.05) is 17.6 Å². The van der Waals surface area contributed by atoms with Gasteiger partial charge in [-0.15, -0.1) is 0 Å². The second-order valence-corrected chi connectivity index (χ2v) is 4.84. The summed E-state index contributed by atoms with van der Waals surface area (Å²) in [6.07, 6.45) is 7.56. The molecule has 0 fully saturated rings. The maximum atomic E-state index is 9.20. The molecule has 0 saturated carbocycles. The van der Waals surface area contributed by atoms with Gasteiger partial charge in [-0.2, -0.15) is 4.98 Å². The highest BCUT2D eigenvalue weighted by atomic mass is 16.3. The van der Waals surface area contributed by atoms with Gasteiger partial charge < -0.3 is 15.4 Å². The molecule has 2 heterocycles. The van der Waals surface area contributed by atoms with Crippen molar-refractivity contribution in [3.05, 3.63) is 24.2 Å². The maximum Gasteiger partial charge on any atom is 0.222 e. The lowest BCUT2D eigenvalue weighted by atomic mass is 10.1. The van der Waals surface area contributed by atoms with Crippen LogP contribution in [0.25, 0.3) is 11.2 Å². The number of aliphatic hydroxyl groups is 1. The predicted molar refractivity (Wildman–Crippen MR) is 72.5 cm³/mol. The molecule has 2 unspecified atom stereocenters. The summed E-state index contributed by atoms with van der Waals surface area (Å²) in [5.74, 6) is 0.499. The molecule has 3 rings (SSSR count). The van der Waals surface area contributed by atoms with Gasteiger partial charge in [0.25, 0.3) is 0 Å². The molecule has 19 heavy (non-hydrogen) atoms. The van der Waals surface area contributed by atoms with Gasteiger partial charge in [-0.25, -0.2) is 9.97 Å². The average Bonchev–Trinajstić information content (AvgIpc) is 3.03. The van der Waals surface area contributed by atoms with Gasteiger partial charge in [0.1, 0.15) is 5.52 Å². The lowest BCUT2D eigenvalue weighted by Gasteiger charge is -2.12. The van der Waals surface area contributed by atoms with Crippen LogP contribution in [-0.2, 0) is 6.42 Å². The molecule has 0 radical (unpaired) electrons.